The van der Waals surface area contributed by atoms with E-state index in [-0.39, 0.29) is 17.5 Å². The van der Waals surface area contributed by atoms with Crippen molar-refractivity contribution in [2.24, 2.45) is 0 Å². The normalized spacial score (nSPS) is 11.8. The van der Waals surface area contributed by atoms with Gasteiger partial charge in [0, 0.05) is 23.9 Å². The van der Waals surface area contributed by atoms with E-state index >= 15 is 0 Å². The van der Waals surface area contributed by atoms with Crippen LogP contribution in [0.3, 0.4) is 0 Å². The lowest BCUT2D eigenvalue weighted by molar-refractivity contribution is -0.0327. The van der Waals surface area contributed by atoms with E-state index in [2.05, 4.69) is 5.32 Å². The highest BCUT2D eigenvalue weighted by Gasteiger charge is 2.27. The van der Waals surface area contributed by atoms with Crippen LogP contribution in [-0.4, -0.2) is 17.8 Å². The second kappa shape index (κ2) is 6.37. The molecular formula is C10H11ClF3NS. The molecule has 1 rings (SSSR count). The second-order valence-electron chi connectivity index (χ2n) is 3.06. The molecule has 1 N–H and O–H groups in total. The van der Waals surface area contributed by atoms with Gasteiger partial charge in [-0.3, -0.25) is 0 Å². The van der Waals surface area contributed by atoms with Crippen LogP contribution in [0.4, 0.5) is 13.2 Å². The lowest BCUT2D eigenvalue weighted by Crippen LogP contribution is -2.18. The third-order valence-electron chi connectivity index (χ3n) is 1.82. The molecule has 0 spiro atoms. The monoisotopic (exact) mass is 269 g/mol. The zero-order valence-corrected chi connectivity index (χ0v) is 9.92. The first kappa shape index (κ1) is 13.7. The SMILES string of the molecule is FC(F)(F)SCCNCc1ccccc1Cl. The predicted octanol–water partition coefficient (Wildman–Crippen LogP) is 3.68. The van der Waals surface area contributed by atoms with Crippen molar-refractivity contribution in [1.29, 1.82) is 0 Å². The van der Waals surface area contributed by atoms with E-state index in [0.717, 1.165) is 5.56 Å². The molecule has 0 atom stereocenters. The average molecular weight is 270 g/mol. The minimum atomic E-state index is -4.15. The molecule has 90 valence electrons. The van der Waals surface area contributed by atoms with E-state index in [1.807, 2.05) is 18.2 Å². The predicted molar refractivity (Wildman–Crippen MR) is 61.7 cm³/mol. The summed E-state index contributed by atoms with van der Waals surface area (Å²) in [6, 6.07) is 7.24. The van der Waals surface area contributed by atoms with E-state index in [0.29, 0.717) is 18.1 Å². The fourth-order valence-electron chi connectivity index (χ4n) is 1.10. The van der Waals surface area contributed by atoms with Gasteiger partial charge in [0.25, 0.3) is 0 Å². The largest absolute Gasteiger partial charge is 0.441 e. The Morgan fingerprint density at radius 1 is 1.25 bits per heavy atom. The van der Waals surface area contributed by atoms with Crippen LogP contribution in [0.2, 0.25) is 5.02 Å². The van der Waals surface area contributed by atoms with Gasteiger partial charge in [0.15, 0.2) is 0 Å². The molecule has 0 unspecified atom stereocenters. The minimum Gasteiger partial charge on any atom is -0.312 e. The molecule has 0 saturated heterocycles. The topological polar surface area (TPSA) is 12.0 Å². The number of nitrogens with one attached hydrogen (secondary N) is 1. The van der Waals surface area contributed by atoms with Crippen LogP contribution in [0.5, 0.6) is 0 Å². The highest BCUT2D eigenvalue weighted by atomic mass is 35.5. The molecule has 0 aliphatic rings. The Morgan fingerprint density at radius 3 is 2.56 bits per heavy atom. The molecule has 0 saturated carbocycles. The van der Waals surface area contributed by atoms with E-state index in [9.17, 15) is 13.2 Å². The first-order valence-corrected chi connectivity index (χ1v) is 6.00. The maximum Gasteiger partial charge on any atom is 0.441 e. The number of thioether (sulfide) groups is 1. The van der Waals surface area contributed by atoms with Crippen molar-refractivity contribution in [2.45, 2.75) is 12.1 Å². The summed E-state index contributed by atoms with van der Waals surface area (Å²) in [5, 5.41) is 3.53. The summed E-state index contributed by atoms with van der Waals surface area (Å²) in [7, 11) is 0. The molecule has 0 aliphatic carbocycles. The smallest absolute Gasteiger partial charge is 0.312 e. The van der Waals surface area contributed by atoms with Crippen LogP contribution in [0, 0.1) is 0 Å². The Morgan fingerprint density at radius 2 is 1.94 bits per heavy atom. The summed E-state index contributed by atoms with van der Waals surface area (Å²) in [6.45, 7) is 0.785. The van der Waals surface area contributed by atoms with Gasteiger partial charge in [-0.1, -0.05) is 29.8 Å². The number of hydrogen-bond donors (Lipinski definition) is 1. The minimum absolute atomic E-state index is 0.00789. The van der Waals surface area contributed by atoms with Gasteiger partial charge < -0.3 is 5.32 Å². The zero-order chi connectivity index (χ0) is 12.0. The third kappa shape index (κ3) is 5.63. The molecule has 1 nitrogen and oxygen atoms in total. The fraction of sp³-hybridized carbons (Fsp3) is 0.400. The molecule has 16 heavy (non-hydrogen) atoms. The van der Waals surface area contributed by atoms with Crippen molar-refractivity contribution in [3.05, 3.63) is 34.9 Å². The zero-order valence-electron chi connectivity index (χ0n) is 8.35. The maximum absolute atomic E-state index is 11.8. The van der Waals surface area contributed by atoms with Gasteiger partial charge in [0.1, 0.15) is 0 Å². The molecule has 0 fully saturated rings. The Hall–Kier alpha value is -0.390. The van der Waals surface area contributed by atoms with Gasteiger partial charge >= 0.3 is 5.51 Å². The van der Waals surface area contributed by atoms with Gasteiger partial charge in [-0.15, -0.1) is 0 Å². The van der Waals surface area contributed by atoms with Crippen LogP contribution in [0.25, 0.3) is 0 Å². The van der Waals surface area contributed by atoms with Crippen LogP contribution < -0.4 is 5.32 Å². The first-order chi connectivity index (χ1) is 7.49. The van der Waals surface area contributed by atoms with Crippen molar-refractivity contribution in [3.63, 3.8) is 0 Å². The molecule has 0 aliphatic heterocycles. The van der Waals surface area contributed by atoms with Crippen LogP contribution in [0.15, 0.2) is 24.3 Å². The van der Waals surface area contributed by atoms with Crippen molar-refractivity contribution in [2.75, 3.05) is 12.3 Å². The Labute approximate surface area is 101 Å². The Balaban J connectivity index is 2.19. The van der Waals surface area contributed by atoms with E-state index in [1.54, 1.807) is 6.07 Å². The summed E-state index contributed by atoms with van der Waals surface area (Å²) in [4.78, 5) is 0. The second-order valence-corrected chi connectivity index (χ2v) is 4.63. The van der Waals surface area contributed by atoms with Crippen LogP contribution >= 0.6 is 23.4 Å². The molecule has 0 heterocycles. The van der Waals surface area contributed by atoms with Gasteiger partial charge in [-0.2, -0.15) is 13.2 Å². The average Bonchev–Trinajstić information content (AvgIpc) is 2.18. The maximum atomic E-state index is 11.8. The Bertz CT molecular complexity index is 330. The molecule has 1 aromatic rings. The molecule has 0 radical (unpaired) electrons. The van der Waals surface area contributed by atoms with E-state index in [4.69, 9.17) is 11.6 Å². The number of rotatable bonds is 5. The van der Waals surface area contributed by atoms with E-state index in [1.165, 1.54) is 0 Å². The van der Waals surface area contributed by atoms with Crippen molar-refractivity contribution >= 4 is 23.4 Å². The Kier molecular flexibility index (Phi) is 5.44. The number of halogens is 4. The van der Waals surface area contributed by atoms with Crippen molar-refractivity contribution in [1.82, 2.24) is 5.32 Å². The molecule has 0 bridgehead atoms. The lowest BCUT2D eigenvalue weighted by atomic mass is 10.2. The van der Waals surface area contributed by atoms with Crippen molar-refractivity contribution in [3.8, 4) is 0 Å². The highest BCUT2D eigenvalue weighted by Crippen LogP contribution is 2.29. The summed E-state index contributed by atoms with van der Waals surface area (Å²) in [6.07, 6.45) is 0. The summed E-state index contributed by atoms with van der Waals surface area (Å²) in [5.41, 5.74) is -3.26. The van der Waals surface area contributed by atoms with Crippen molar-refractivity contribution < 1.29 is 13.2 Å². The third-order valence-corrected chi connectivity index (χ3v) is 2.92. The summed E-state index contributed by atoms with van der Waals surface area (Å²) >= 11 is 5.86. The van der Waals surface area contributed by atoms with Gasteiger partial charge in [0.2, 0.25) is 0 Å². The summed E-state index contributed by atoms with van der Waals surface area (Å²) in [5.74, 6) is 0.00789. The fourth-order valence-corrected chi connectivity index (χ4v) is 1.78. The standard InChI is InChI=1S/C10H11ClF3NS/c11-9-4-2-1-3-8(9)7-15-5-6-16-10(12,13)14/h1-4,15H,5-7H2. The van der Waals surface area contributed by atoms with E-state index < -0.39 is 5.51 Å². The van der Waals surface area contributed by atoms with Crippen LogP contribution in [-0.2, 0) is 6.54 Å². The first-order valence-electron chi connectivity index (χ1n) is 4.64. The van der Waals surface area contributed by atoms with Gasteiger partial charge in [-0.25, -0.2) is 0 Å². The molecule has 6 heteroatoms. The highest BCUT2D eigenvalue weighted by molar-refractivity contribution is 8.00. The van der Waals surface area contributed by atoms with Gasteiger partial charge in [-0.05, 0) is 23.4 Å². The molecule has 0 aromatic heterocycles. The number of alkyl halides is 3. The number of benzene rings is 1. The molecule has 1 aromatic carbocycles. The quantitative estimate of drug-likeness (QED) is 0.819. The lowest BCUT2D eigenvalue weighted by Gasteiger charge is -2.07. The number of hydrogen-bond acceptors (Lipinski definition) is 2. The molecular weight excluding hydrogens is 259 g/mol. The molecule has 0 amide bonds. The van der Waals surface area contributed by atoms with Gasteiger partial charge in [0.05, 0.1) is 0 Å². The summed E-state index contributed by atoms with van der Waals surface area (Å²) < 4.78 is 35.4. The van der Waals surface area contributed by atoms with Crippen LogP contribution in [0.1, 0.15) is 5.56 Å².